The Morgan fingerprint density at radius 2 is 1.30 bits per heavy atom. The molecule has 0 amide bonds. The van der Waals surface area contributed by atoms with Crippen molar-refractivity contribution in [2.75, 3.05) is 62.7 Å². The van der Waals surface area contributed by atoms with E-state index in [0.717, 1.165) is 33.6 Å². The molecule has 0 radical (unpaired) electrons. The molecular weight excluding hydrogens is 973 g/mol. The van der Waals surface area contributed by atoms with Gasteiger partial charge in [0.25, 0.3) is 10.1 Å². The number of nitrogens with zero attached hydrogens (tertiary/aromatic N) is 2. The molecule has 6 rings (SSSR count). The Kier molecular flexibility index (Phi) is 16.7. The van der Waals surface area contributed by atoms with E-state index in [4.69, 9.17) is 9.47 Å². The van der Waals surface area contributed by atoms with Crippen molar-refractivity contribution in [3.05, 3.63) is 95.7 Å². The first-order chi connectivity index (χ1) is 32.3. The van der Waals surface area contributed by atoms with Gasteiger partial charge in [0.05, 0.1) is 47.8 Å². The highest BCUT2D eigenvalue weighted by molar-refractivity contribution is 7.91. The molecule has 0 saturated carbocycles. The minimum Gasteiger partial charge on any atom is -0.748 e. The zero-order chi connectivity index (χ0) is 50.6. The van der Waals surface area contributed by atoms with E-state index < -0.39 is 68.5 Å². The third-order valence-electron chi connectivity index (χ3n) is 13.2. The van der Waals surface area contributed by atoms with Gasteiger partial charge in [0, 0.05) is 86.2 Å². The number of hydrogen-bond donors (Lipinski definition) is 2. The van der Waals surface area contributed by atoms with E-state index in [1.54, 1.807) is 37.4 Å². The first-order valence-electron chi connectivity index (χ1n) is 22.6. The molecule has 0 spiro atoms. The number of ether oxygens (including phenoxy) is 2. The van der Waals surface area contributed by atoms with Crippen molar-refractivity contribution < 1.29 is 71.3 Å². The standard InChI is InChI=1S/C48H60N2O15S4/c1-47(23-9-30-67(55,56)57)42(49(25-7-5-6-14-44(51)52)40-21-15-34-32-36(17-19-38(34)45(40)47)66(53,54)29-11-27-64-3)12-8-13-43-48(2,24-10-31-68(58,59)60)46-39-20-18-37(69(61,62)63)33-35(39)16-22-41(46)50(43)26-28-65-4/h8,12-13,15-22,32-33H,5-7,9-11,14,23-31H2,1-4H3,(H3-,51,52,55,56,57,58,59,60,61,62,63)/p-1. The van der Waals surface area contributed by atoms with Gasteiger partial charge in [-0.05, 0) is 128 Å². The molecule has 21 heteroatoms. The van der Waals surface area contributed by atoms with Crippen molar-refractivity contribution >= 4 is 84.8 Å². The largest absolute Gasteiger partial charge is 0.748 e. The molecule has 4 aromatic carbocycles. The second-order valence-electron chi connectivity index (χ2n) is 18.0. The highest BCUT2D eigenvalue weighted by Crippen LogP contribution is 2.54. The van der Waals surface area contributed by atoms with Gasteiger partial charge in [0.1, 0.15) is 6.54 Å². The molecule has 2 N–H and O–H groups in total. The smallest absolute Gasteiger partial charge is 0.303 e. The molecule has 376 valence electrons. The van der Waals surface area contributed by atoms with Gasteiger partial charge < -0.3 is 28.6 Å². The molecule has 0 fully saturated rings. The number of anilines is 1. The predicted molar refractivity (Wildman–Crippen MR) is 261 cm³/mol. The van der Waals surface area contributed by atoms with Crippen LogP contribution in [0, 0.1) is 0 Å². The van der Waals surface area contributed by atoms with Gasteiger partial charge >= 0.3 is 5.97 Å². The maximum atomic E-state index is 13.4. The van der Waals surface area contributed by atoms with E-state index in [9.17, 15) is 57.2 Å². The summed E-state index contributed by atoms with van der Waals surface area (Å²) in [6.45, 7) is 5.14. The van der Waals surface area contributed by atoms with Crippen molar-refractivity contribution in [1.29, 1.82) is 0 Å². The molecule has 2 aliphatic rings. The van der Waals surface area contributed by atoms with Gasteiger partial charge in [0.15, 0.2) is 15.5 Å². The fourth-order valence-corrected chi connectivity index (χ4v) is 12.9. The molecule has 2 aliphatic heterocycles. The van der Waals surface area contributed by atoms with Gasteiger partial charge in [-0.1, -0.05) is 24.3 Å². The minimum atomic E-state index is -4.62. The average Bonchev–Trinajstić information content (AvgIpc) is 3.64. The normalized spacial score (nSPS) is 19.4. The van der Waals surface area contributed by atoms with Crippen LogP contribution in [0.2, 0.25) is 0 Å². The molecule has 4 aromatic rings. The van der Waals surface area contributed by atoms with Crippen LogP contribution in [0.5, 0.6) is 0 Å². The molecule has 0 saturated heterocycles. The molecule has 0 aliphatic carbocycles. The van der Waals surface area contributed by atoms with E-state index in [0.29, 0.717) is 60.6 Å². The summed E-state index contributed by atoms with van der Waals surface area (Å²) in [7, 11) is -14.4. The highest BCUT2D eigenvalue weighted by atomic mass is 32.2. The van der Waals surface area contributed by atoms with Crippen molar-refractivity contribution in [2.45, 2.75) is 92.3 Å². The Hall–Kier alpha value is -4.58. The number of unbranched alkanes of at least 4 members (excludes halogenated alkanes) is 2. The van der Waals surface area contributed by atoms with Gasteiger partial charge in [-0.25, -0.2) is 25.3 Å². The Bertz CT molecular complexity index is 3170. The van der Waals surface area contributed by atoms with E-state index in [1.165, 1.54) is 19.2 Å². The number of benzene rings is 4. The summed E-state index contributed by atoms with van der Waals surface area (Å²) < 4.78 is 146. The van der Waals surface area contributed by atoms with E-state index in [-0.39, 0.29) is 60.9 Å². The zero-order valence-electron chi connectivity index (χ0n) is 39.0. The Balaban J connectivity index is 1.55. The fourth-order valence-electron chi connectivity index (χ4n) is 10.1. The number of hydrogen-bond acceptors (Lipinski definition) is 14. The second kappa shape index (κ2) is 21.4. The monoisotopic (exact) mass is 1030 g/mol. The van der Waals surface area contributed by atoms with E-state index in [1.807, 2.05) is 55.2 Å². The van der Waals surface area contributed by atoms with Gasteiger partial charge in [0.2, 0.25) is 5.69 Å². The first-order valence-corrected chi connectivity index (χ1v) is 28.8. The first kappa shape index (κ1) is 53.8. The predicted octanol–water partition coefficient (Wildman–Crippen LogP) is 6.57. The van der Waals surface area contributed by atoms with Gasteiger partial charge in [-0.3, -0.25) is 9.35 Å². The van der Waals surface area contributed by atoms with Crippen molar-refractivity contribution in [3.8, 4) is 0 Å². The Morgan fingerprint density at radius 3 is 1.91 bits per heavy atom. The zero-order valence-corrected chi connectivity index (χ0v) is 42.3. The summed E-state index contributed by atoms with van der Waals surface area (Å²) in [5.41, 5.74) is 2.47. The number of allylic oxidation sites excluding steroid dienone is 4. The maximum absolute atomic E-state index is 13.4. The molecule has 0 bridgehead atoms. The number of carboxylic acid groups (broad SMARTS) is 1. The summed E-state index contributed by atoms with van der Waals surface area (Å²) >= 11 is 0. The van der Waals surface area contributed by atoms with E-state index >= 15 is 0 Å². The van der Waals surface area contributed by atoms with Crippen LogP contribution < -0.4 is 4.90 Å². The van der Waals surface area contributed by atoms with Crippen LogP contribution in [0.15, 0.2) is 94.4 Å². The van der Waals surface area contributed by atoms with Crippen LogP contribution in [0.3, 0.4) is 0 Å². The second-order valence-corrected chi connectivity index (χ2v) is 24.6. The average molecular weight is 1030 g/mol. The molecule has 17 nitrogen and oxygen atoms in total. The number of rotatable bonds is 25. The molecule has 69 heavy (non-hydrogen) atoms. The lowest BCUT2D eigenvalue weighted by atomic mass is 9.74. The highest BCUT2D eigenvalue weighted by Gasteiger charge is 2.49. The Labute approximate surface area is 404 Å². The van der Waals surface area contributed by atoms with Crippen molar-refractivity contribution in [1.82, 2.24) is 0 Å². The quantitative estimate of drug-likeness (QED) is 0.0404. The van der Waals surface area contributed by atoms with Crippen LogP contribution in [0.1, 0.15) is 82.8 Å². The molecule has 2 unspecified atom stereocenters. The van der Waals surface area contributed by atoms with Crippen LogP contribution >= 0.6 is 0 Å². The van der Waals surface area contributed by atoms with Gasteiger partial charge in [-0.2, -0.15) is 13.0 Å². The number of sulfone groups is 1. The van der Waals surface area contributed by atoms with Crippen LogP contribution in [-0.2, 0) is 65.3 Å². The van der Waals surface area contributed by atoms with Crippen LogP contribution in [-0.4, -0.2) is 126 Å². The lowest BCUT2D eigenvalue weighted by Gasteiger charge is -2.31. The number of aliphatic carboxylic acids is 1. The summed E-state index contributed by atoms with van der Waals surface area (Å²) in [4.78, 5) is 13.2. The molecule has 2 heterocycles. The number of fused-ring (bicyclic) bond motifs is 6. The SMILES string of the molecule is COCCCS(=O)(=O)c1ccc2c3c(ccc2c1)[N+](CCCCCC(=O)O)=C(C=CC=C1N(CCOC)c2ccc4cc(S(=O)(=O)O)ccc4c2C1(C)CCCS(=O)(=O)[O-])C3(C)CCCS(=O)(=O)[O-]. The lowest BCUT2D eigenvalue weighted by Crippen LogP contribution is -2.32. The molecule has 2 atom stereocenters. The van der Waals surface area contributed by atoms with Gasteiger partial charge in [-0.15, -0.1) is 0 Å². The van der Waals surface area contributed by atoms with E-state index in [2.05, 4.69) is 4.58 Å². The van der Waals surface area contributed by atoms with Crippen molar-refractivity contribution in [2.24, 2.45) is 0 Å². The Morgan fingerprint density at radius 1 is 0.710 bits per heavy atom. The maximum Gasteiger partial charge on any atom is 0.303 e. The summed E-state index contributed by atoms with van der Waals surface area (Å²) in [6.07, 6.45) is 7.80. The molecular formula is C48H59N2O15S4-. The summed E-state index contributed by atoms with van der Waals surface area (Å²) in [6, 6.07) is 16.4. The summed E-state index contributed by atoms with van der Waals surface area (Å²) in [5.74, 6) is -2.31. The number of carbonyl (C=O) groups is 1. The van der Waals surface area contributed by atoms with Crippen LogP contribution in [0.4, 0.5) is 11.4 Å². The van der Waals surface area contributed by atoms with Crippen LogP contribution in [0.25, 0.3) is 21.5 Å². The summed E-state index contributed by atoms with van der Waals surface area (Å²) in [5, 5.41) is 11.8. The van der Waals surface area contributed by atoms with Crippen molar-refractivity contribution in [3.63, 3.8) is 0 Å². The third kappa shape index (κ3) is 12.3. The lowest BCUT2D eigenvalue weighted by molar-refractivity contribution is -0.438. The minimum absolute atomic E-state index is 0.0117. The number of methoxy groups -OCH3 is 2. The topological polar surface area (TPSA) is 265 Å². The fraction of sp³-hybridized carbons (Fsp3) is 0.458. The number of carboxylic acids is 1. The third-order valence-corrected chi connectivity index (χ3v) is 17.4. The molecule has 0 aromatic heterocycles.